The highest BCUT2D eigenvalue weighted by Crippen LogP contribution is 2.18. The molecular weight excluding hydrogens is 242 g/mol. The highest BCUT2D eigenvalue weighted by molar-refractivity contribution is 5.99. The monoisotopic (exact) mass is 257 g/mol. The van der Waals surface area contributed by atoms with E-state index < -0.39 is 6.04 Å². The fraction of sp³-hybridized carbons (Fsp3) is 0.357. The largest absolute Gasteiger partial charge is 0.310 e. The summed E-state index contributed by atoms with van der Waals surface area (Å²) in [4.78, 5) is 25.0. The van der Waals surface area contributed by atoms with Gasteiger partial charge in [0.2, 0.25) is 5.91 Å². The molecule has 0 radical (unpaired) electrons. The van der Waals surface area contributed by atoms with Gasteiger partial charge in [-0.25, -0.2) is 0 Å². The topological polar surface area (TPSA) is 73.2 Å². The Kier molecular flexibility index (Phi) is 3.93. The van der Waals surface area contributed by atoms with Crippen molar-refractivity contribution >= 4 is 17.4 Å². The van der Waals surface area contributed by atoms with Crippen molar-refractivity contribution in [3.63, 3.8) is 0 Å². The van der Waals surface area contributed by atoms with Gasteiger partial charge in [0, 0.05) is 24.3 Å². The lowest BCUT2D eigenvalue weighted by atomic mass is 10.1. The number of benzene rings is 1. The third kappa shape index (κ3) is 2.80. The number of Topliss-reactive ketones (excluding diaryl/α,β-unsaturated/α-hetero) is 1. The zero-order valence-corrected chi connectivity index (χ0v) is 10.7. The molecule has 2 rings (SSSR count). The van der Waals surface area contributed by atoms with E-state index in [-0.39, 0.29) is 18.1 Å². The Labute approximate surface area is 111 Å². The summed E-state index contributed by atoms with van der Waals surface area (Å²) in [5.74, 6) is -0.0936. The van der Waals surface area contributed by atoms with Gasteiger partial charge in [-0.1, -0.05) is 0 Å². The number of carbonyl (C=O) groups excluding carboxylic acids is 2. The molecular formula is C14H15N3O2. The number of piperazine rings is 1. The van der Waals surface area contributed by atoms with E-state index in [1.165, 1.54) is 6.92 Å². The fourth-order valence-corrected chi connectivity index (χ4v) is 2.12. The summed E-state index contributed by atoms with van der Waals surface area (Å²) < 4.78 is 0. The predicted molar refractivity (Wildman–Crippen MR) is 70.8 cm³/mol. The van der Waals surface area contributed by atoms with Gasteiger partial charge in [0.25, 0.3) is 0 Å². The molecule has 1 fully saturated rings. The van der Waals surface area contributed by atoms with Crippen LogP contribution in [-0.4, -0.2) is 30.8 Å². The lowest BCUT2D eigenvalue weighted by molar-refractivity contribution is -0.121. The number of hydrogen-bond acceptors (Lipinski definition) is 4. The molecule has 0 saturated carbocycles. The van der Waals surface area contributed by atoms with Crippen molar-refractivity contribution in [3.05, 3.63) is 29.8 Å². The molecule has 1 amide bonds. The van der Waals surface area contributed by atoms with Gasteiger partial charge < -0.3 is 10.2 Å². The normalized spacial score (nSPS) is 19.1. The first kappa shape index (κ1) is 13.2. The predicted octanol–water partition coefficient (Wildman–Crippen LogP) is 1.11. The van der Waals surface area contributed by atoms with Crippen LogP contribution in [-0.2, 0) is 4.79 Å². The van der Waals surface area contributed by atoms with Gasteiger partial charge in [-0.2, -0.15) is 5.26 Å². The van der Waals surface area contributed by atoms with Gasteiger partial charge in [-0.3, -0.25) is 9.59 Å². The zero-order valence-electron chi connectivity index (χ0n) is 10.7. The maximum absolute atomic E-state index is 12.2. The van der Waals surface area contributed by atoms with Gasteiger partial charge in [0.1, 0.15) is 6.04 Å². The zero-order chi connectivity index (χ0) is 13.8. The second kappa shape index (κ2) is 5.63. The number of amides is 1. The molecule has 1 aromatic carbocycles. The average Bonchev–Trinajstić information content (AvgIpc) is 2.41. The van der Waals surface area contributed by atoms with Crippen molar-refractivity contribution in [1.29, 1.82) is 5.26 Å². The summed E-state index contributed by atoms with van der Waals surface area (Å²) in [7, 11) is 0. The molecule has 1 aliphatic rings. The van der Waals surface area contributed by atoms with E-state index in [4.69, 9.17) is 5.26 Å². The third-order valence-electron chi connectivity index (χ3n) is 3.17. The van der Waals surface area contributed by atoms with E-state index in [0.29, 0.717) is 18.7 Å². The van der Waals surface area contributed by atoms with Crippen LogP contribution in [0.1, 0.15) is 23.7 Å². The van der Waals surface area contributed by atoms with Crippen LogP contribution in [0.2, 0.25) is 0 Å². The summed E-state index contributed by atoms with van der Waals surface area (Å²) in [6.45, 7) is 2.74. The average molecular weight is 257 g/mol. The maximum Gasteiger partial charge on any atom is 0.245 e. The molecule has 1 unspecified atom stereocenters. The lowest BCUT2D eigenvalue weighted by Gasteiger charge is -2.32. The number of nitrogens with zero attached hydrogens (tertiary/aromatic N) is 2. The molecule has 1 aliphatic heterocycles. The number of nitrogens with one attached hydrogen (secondary N) is 1. The summed E-state index contributed by atoms with van der Waals surface area (Å²) in [6, 6.07) is 8.53. The minimum absolute atomic E-state index is 0.000504. The molecule has 1 atom stereocenters. The molecule has 98 valence electrons. The Hall–Kier alpha value is -2.19. The first-order valence-corrected chi connectivity index (χ1v) is 6.16. The first-order valence-electron chi connectivity index (χ1n) is 6.16. The highest BCUT2D eigenvalue weighted by Gasteiger charge is 2.28. The molecule has 1 N–H and O–H groups in total. The Morgan fingerprint density at radius 2 is 2.16 bits per heavy atom. The quantitative estimate of drug-likeness (QED) is 0.823. The van der Waals surface area contributed by atoms with Crippen LogP contribution in [0.5, 0.6) is 0 Å². The van der Waals surface area contributed by atoms with Gasteiger partial charge in [0.05, 0.1) is 12.5 Å². The molecule has 0 bridgehead atoms. The Morgan fingerprint density at radius 1 is 1.47 bits per heavy atom. The summed E-state index contributed by atoms with van der Waals surface area (Å²) >= 11 is 0. The van der Waals surface area contributed by atoms with Crippen LogP contribution >= 0.6 is 0 Å². The van der Waals surface area contributed by atoms with Crippen LogP contribution in [0.15, 0.2) is 24.3 Å². The smallest absolute Gasteiger partial charge is 0.245 e. The molecule has 0 aliphatic carbocycles. The molecule has 1 heterocycles. The van der Waals surface area contributed by atoms with Crippen molar-refractivity contribution in [2.45, 2.75) is 19.4 Å². The van der Waals surface area contributed by atoms with E-state index in [1.54, 1.807) is 29.2 Å². The van der Waals surface area contributed by atoms with Crippen molar-refractivity contribution in [2.24, 2.45) is 0 Å². The molecule has 19 heavy (non-hydrogen) atoms. The molecule has 0 aromatic heterocycles. The number of anilines is 1. The van der Waals surface area contributed by atoms with Gasteiger partial charge in [-0.15, -0.1) is 0 Å². The van der Waals surface area contributed by atoms with Gasteiger partial charge in [0.15, 0.2) is 5.78 Å². The Morgan fingerprint density at radius 3 is 2.74 bits per heavy atom. The molecule has 0 spiro atoms. The summed E-state index contributed by atoms with van der Waals surface area (Å²) in [5.41, 5.74) is 1.39. The SMILES string of the molecule is CC(=O)c1ccc(N2CCNC(CC#N)C2=O)cc1. The van der Waals surface area contributed by atoms with Crippen LogP contribution in [0.4, 0.5) is 5.69 Å². The van der Waals surface area contributed by atoms with Crippen LogP contribution in [0.25, 0.3) is 0 Å². The number of carbonyl (C=O) groups is 2. The van der Waals surface area contributed by atoms with E-state index in [1.807, 2.05) is 6.07 Å². The van der Waals surface area contributed by atoms with E-state index in [9.17, 15) is 9.59 Å². The number of hydrogen-bond donors (Lipinski definition) is 1. The Bertz CT molecular complexity index is 531. The molecule has 5 nitrogen and oxygen atoms in total. The third-order valence-corrected chi connectivity index (χ3v) is 3.17. The number of nitriles is 1. The molecule has 5 heteroatoms. The minimum Gasteiger partial charge on any atom is -0.310 e. The fourth-order valence-electron chi connectivity index (χ4n) is 2.12. The maximum atomic E-state index is 12.2. The van der Waals surface area contributed by atoms with Crippen molar-refractivity contribution in [1.82, 2.24) is 5.32 Å². The van der Waals surface area contributed by atoms with Crippen molar-refractivity contribution < 1.29 is 9.59 Å². The van der Waals surface area contributed by atoms with Crippen LogP contribution < -0.4 is 10.2 Å². The highest BCUT2D eigenvalue weighted by atomic mass is 16.2. The van der Waals surface area contributed by atoms with E-state index in [2.05, 4.69) is 5.32 Å². The number of rotatable bonds is 3. The minimum atomic E-state index is -0.439. The second-order valence-corrected chi connectivity index (χ2v) is 4.46. The van der Waals surface area contributed by atoms with Crippen molar-refractivity contribution in [2.75, 3.05) is 18.0 Å². The van der Waals surface area contributed by atoms with Crippen LogP contribution in [0, 0.1) is 11.3 Å². The van der Waals surface area contributed by atoms with Crippen molar-refractivity contribution in [3.8, 4) is 6.07 Å². The lowest BCUT2D eigenvalue weighted by Crippen LogP contribution is -2.55. The second-order valence-electron chi connectivity index (χ2n) is 4.46. The standard InChI is InChI=1S/C14H15N3O2/c1-10(18)11-2-4-12(5-3-11)17-9-8-16-13(6-7-15)14(17)19/h2-5,13,16H,6,8-9H2,1H3. The summed E-state index contributed by atoms with van der Waals surface area (Å²) in [5, 5.41) is 11.7. The van der Waals surface area contributed by atoms with E-state index >= 15 is 0 Å². The first-order chi connectivity index (χ1) is 9.13. The Balaban J connectivity index is 2.19. The summed E-state index contributed by atoms with van der Waals surface area (Å²) in [6.07, 6.45) is 0.168. The number of ketones is 1. The van der Waals surface area contributed by atoms with E-state index in [0.717, 1.165) is 5.69 Å². The molecule has 1 aromatic rings. The van der Waals surface area contributed by atoms with Gasteiger partial charge >= 0.3 is 0 Å². The molecule has 1 saturated heterocycles. The van der Waals surface area contributed by atoms with Gasteiger partial charge in [-0.05, 0) is 31.2 Å². The van der Waals surface area contributed by atoms with Crippen LogP contribution in [0.3, 0.4) is 0 Å².